The molecule has 0 aromatic heterocycles. The lowest BCUT2D eigenvalue weighted by atomic mass is 10.1. The van der Waals surface area contributed by atoms with Crippen LogP contribution in [0.25, 0.3) is 0 Å². The van der Waals surface area contributed by atoms with Crippen LogP contribution in [0.2, 0.25) is 0 Å². The monoisotopic (exact) mass is 239 g/mol. The second-order valence-electron chi connectivity index (χ2n) is 3.95. The highest BCUT2D eigenvalue weighted by Gasteiger charge is 2.24. The summed E-state index contributed by atoms with van der Waals surface area (Å²) in [6.07, 6.45) is -0.0971. The van der Waals surface area contributed by atoms with Gasteiger partial charge in [0.25, 0.3) is 10.0 Å². The highest BCUT2D eigenvalue weighted by atomic mass is 32.2. The van der Waals surface area contributed by atoms with Crippen molar-refractivity contribution in [1.82, 2.24) is 0 Å². The summed E-state index contributed by atoms with van der Waals surface area (Å²) in [4.78, 5) is 0. The van der Waals surface area contributed by atoms with Gasteiger partial charge in [0.15, 0.2) is 0 Å². The van der Waals surface area contributed by atoms with E-state index in [1.807, 2.05) is 32.0 Å². The Kier molecular flexibility index (Phi) is 2.71. The van der Waals surface area contributed by atoms with Gasteiger partial charge in [-0.25, -0.2) is 8.42 Å². The molecule has 1 aliphatic rings. The van der Waals surface area contributed by atoms with Crippen molar-refractivity contribution in [2.45, 2.75) is 25.7 Å². The Balaban J connectivity index is 2.51. The van der Waals surface area contributed by atoms with Crippen molar-refractivity contribution in [3.63, 3.8) is 0 Å². The van der Waals surface area contributed by atoms with Crippen LogP contribution in [-0.2, 0) is 20.5 Å². The Morgan fingerprint density at radius 1 is 1.31 bits per heavy atom. The van der Waals surface area contributed by atoms with Crippen molar-refractivity contribution in [2.75, 3.05) is 0 Å². The minimum Gasteiger partial charge on any atom is -0.474 e. The van der Waals surface area contributed by atoms with E-state index in [1.54, 1.807) is 6.07 Å². The first-order valence-corrected chi connectivity index (χ1v) is 6.66. The van der Waals surface area contributed by atoms with E-state index in [2.05, 4.69) is 4.40 Å². The molecule has 0 bridgehead atoms. The molecule has 1 aromatic rings. The first-order chi connectivity index (χ1) is 7.48. The second kappa shape index (κ2) is 3.90. The van der Waals surface area contributed by atoms with Gasteiger partial charge in [0.2, 0.25) is 5.90 Å². The highest BCUT2D eigenvalue weighted by molar-refractivity contribution is 7.89. The van der Waals surface area contributed by atoms with E-state index >= 15 is 0 Å². The van der Waals surface area contributed by atoms with Gasteiger partial charge in [-0.15, -0.1) is 4.40 Å². The molecule has 0 aliphatic carbocycles. The van der Waals surface area contributed by atoms with Crippen LogP contribution in [0.3, 0.4) is 0 Å². The van der Waals surface area contributed by atoms with E-state index in [4.69, 9.17) is 4.74 Å². The number of rotatable bonds is 1. The smallest absolute Gasteiger partial charge is 0.260 e. The molecule has 2 rings (SSSR count). The Morgan fingerprint density at radius 2 is 2.00 bits per heavy atom. The van der Waals surface area contributed by atoms with Crippen molar-refractivity contribution >= 4 is 15.9 Å². The number of hydrogen-bond donors (Lipinski definition) is 0. The number of nitrogens with zero attached hydrogens (tertiary/aromatic N) is 1. The van der Waals surface area contributed by atoms with Crippen LogP contribution >= 0.6 is 0 Å². The Labute approximate surface area is 95.0 Å². The molecule has 0 spiro atoms. The van der Waals surface area contributed by atoms with Crippen molar-refractivity contribution in [3.8, 4) is 0 Å². The van der Waals surface area contributed by atoms with Gasteiger partial charge in [-0.3, -0.25) is 0 Å². The molecule has 0 saturated carbocycles. The molecular weight excluding hydrogens is 226 g/mol. The minimum atomic E-state index is -3.43. The SMILES string of the molecule is CC(C)OC1=NS(=O)(=O)Cc2ccccc21. The molecule has 1 aliphatic heterocycles. The number of hydrogen-bond acceptors (Lipinski definition) is 3. The van der Waals surface area contributed by atoms with Gasteiger partial charge in [-0.2, -0.15) is 0 Å². The zero-order valence-electron chi connectivity index (χ0n) is 9.17. The first kappa shape index (κ1) is 11.1. The summed E-state index contributed by atoms with van der Waals surface area (Å²) in [6.45, 7) is 3.68. The van der Waals surface area contributed by atoms with E-state index < -0.39 is 10.0 Å². The third-order valence-corrected chi connectivity index (χ3v) is 3.27. The Morgan fingerprint density at radius 3 is 2.69 bits per heavy atom. The summed E-state index contributed by atoms with van der Waals surface area (Å²) in [7, 11) is -3.43. The quantitative estimate of drug-likeness (QED) is 0.749. The average molecular weight is 239 g/mol. The normalized spacial score (nSPS) is 17.8. The molecule has 1 heterocycles. The zero-order chi connectivity index (χ0) is 11.8. The fourth-order valence-corrected chi connectivity index (χ4v) is 2.67. The third kappa shape index (κ3) is 2.24. The fourth-order valence-electron chi connectivity index (χ4n) is 1.57. The summed E-state index contributed by atoms with van der Waals surface area (Å²) in [5.41, 5.74) is 1.51. The zero-order valence-corrected chi connectivity index (χ0v) is 9.99. The molecule has 4 nitrogen and oxygen atoms in total. The molecule has 0 amide bonds. The second-order valence-corrected chi connectivity index (χ2v) is 5.58. The van der Waals surface area contributed by atoms with Gasteiger partial charge in [0.1, 0.15) is 0 Å². The molecule has 86 valence electrons. The highest BCUT2D eigenvalue weighted by Crippen LogP contribution is 2.21. The maximum absolute atomic E-state index is 11.5. The van der Waals surface area contributed by atoms with Crippen molar-refractivity contribution in [1.29, 1.82) is 0 Å². The molecule has 0 N–H and O–H groups in total. The van der Waals surface area contributed by atoms with E-state index in [0.717, 1.165) is 11.1 Å². The van der Waals surface area contributed by atoms with E-state index in [0.29, 0.717) is 0 Å². The maximum Gasteiger partial charge on any atom is 0.260 e. The first-order valence-electron chi connectivity index (χ1n) is 5.05. The lowest BCUT2D eigenvalue weighted by Crippen LogP contribution is -2.21. The van der Waals surface area contributed by atoms with Crippen LogP contribution < -0.4 is 0 Å². The average Bonchev–Trinajstić information content (AvgIpc) is 2.14. The topological polar surface area (TPSA) is 55.7 Å². The Hall–Kier alpha value is -1.36. The predicted octanol–water partition coefficient (Wildman–Crippen LogP) is 1.70. The number of benzene rings is 1. The number of ether oxygens (including phenoxy) is 1. The fraction of sp³-hybridized carbons (Fsp3) is 0.364. The van der Waals surface area contributed by atoms with Gasteiger partial charge in [-0.1, -0.05) is 18.2 Å². The summed E-state index contributed by atoms with van der Waals surface area (Å²) >= 11 is 0. The van der Waals surface area contributed by atoms with Gasteiger partial charge < -0.3 is 4.74 Å². The van der Waals surface area contributed by atoms with Crippen molar-refractivity contribution in [3.05, 3.63) is 35.4 Å². The molecular formula is C11H13NO3S. The third-order valence-electron chi connectivity index (χ3n) is 2.16. The maximum atomic E-state index is 11.5. The number of fused-ring (bicyclic) bond motifs is 1. The standard InChI is InChI=1S/C11H13NO3S/c1-8(2)15-11-10-6-4-3-5-9(10)7-16(13,14)12-11/h3-6,8H,7H2,1-2H3. The molecule has 0 fully saturated rings. The van der Waals surface area contributed by atoms with Gasteiger partial charge in [0, 0.05) is 5.56 Å². The predicted molar refractivity (Wildman–Crippen MR) is 61.8 cm³/mol. The lowest BCUT2D eigenvalue weighted by Gasteiger charge is -2.18. The van der Waals surface area contributed by atoms with E-state index in [9.17, 15) is 8.42 Å². The van der Waals surface area contributed by atoms with Crippen LogP contribution in [0.1, 0.15) is 25.0 Å². The summed E-state index contributed by atoms with van der Waals surface area (Å²) in [5, 5.41) is 0. The summed E-state index contributed by atoms with van der Waals surface area (Å²) < 4.78 is 32.2. The van der Waals surface area contributed by atoms with Crippen molar-refractivity contribution in [2.24, 2.45) is 4.40 Å². The van der Waals surface area contributed by atoms with E-state index in [1.165, 1.54) is 0 Å². The molecule has 0 unspecified atom stereocenters. The van der Waals surface area contributed by atoms with Crippen LogP contribution in [0, 0.1) is 0 Å². The Bertz CT molecular complexity index is 532. The number of sulfonamides is 1. The molecule has 0 atom stereocenters. The lowest BCUT2D eigenvalue weighted by molar-refractivity contribution is 0.230. The van der Waals surface area contributed by atoms with Crippen LogP contribution in [0.4, 0.5) is 0 Å². The van der Waals surface area contributed by atoms with Gasteiger partial charge in [0.05, 0.1) is 11.9 Å². The van der Waals surface area contributed by atoms with Crippen LogP contribution in [0.15, 0.2) is 28.7 Å². The van der Waals surface area contributed by atoms with Crippen molar-refractivity contribution < 1.29 is 13.2 Å². The van der Waals surface area contributed by atoms with Gasteiger partial charge in [-0.05, 0) is 25.5 Å². The van der Waals surface area contributed by atoms with Crippen LogP contribution in [0.5, 0.6) is 0 Å². The molecule has 1 aromatic carbocycles. The van der Waals surface area contributed by atoms with Gasteiger partial charge >= 0.3 is 0 Å². The minimum absolute atomic E-state index is 0.0475. The molecule has 5 heteroatoms. The van der Waals surface area contributed by atoms with E-state index in [-0.39, 0.29) is 17.8 Å². The molecule has 0 saturated heterocycles. The summed E-state index contributed by atoms with van der Waals surface area (Å²) in [5.74, 6) is 0.158. The summed E-state index contributed by atoms with van der Waals surface area (Å²) in [6, 6.07) is 7.26. The largest absolute Gasteiger partial charge is 0.474 e. The molecule has 16 heavy (non-hydrogen) atoms. The molecule has 0 radical (unpaired) electrons. The van der Waals surface area contributed by atoms with Crippen LogP contribution in [-0.4, -0.2) is 20.4 Å².